The van der Waals surface area contributed by atoms with Crippen LogP contribution in [-0.2, 0) is 0 Å². The molecule has 0 saturated carbocycles. The smallest absolute Gasteiger partial charge is 0.135 e. The van der Waals surface area contributed by atoms with E-state index in [4.69, 9.17) is 4.74 Å². The Kier molecular flexibility index (Phi) is 2.87. The van der Waals surface area contributed by atoms with Crippen molar-refractivity contribution in [1.82, 2.24) is 5.32 Å². The summed E-state index contributed by atoms with van der Waals surface area (Å²) in [4.78, 5) is 0. The van der Waals surface area contributed by atoms with Crippen LogP contribution in [0.3, 0.4) is 0 Å². The molecule has 2 heteroatoms. The average Bonchev–Trinajstić information content (AvgIpc) is 2.56. The molecule has 0 radical (unpaired) electrons. The number of nitrogens with one attached hydrogen (secondary N) is 1. The number of benzene rings is 2. The van der Waals surface area contributed by atoms with Crippen molar-refractivity contribution in [2.24, 2.45) is 0 Å². The van der Waals surface area contributed by atoms with Crippen LogP contribution in [0.15, 0.2) is 48.5 Å². The molecule has 0 saturated heterocycles. The summed E-state index contributed by atoms with van der Waals surface area (Å²) in [5.41, 5.74) is 3.53. The van der Waals surface area contributed by atoms with Crippen LogP contribution in [0.1, 0.15) is 11.1 Å². The number of para-hydroxylation sites is 2. The molecule has 0 aromatic heterocycles. The second kappa shape index (κ2) is 4.67. The van der Waals surface area contributed by atoms with Crippen molar-refractivity contribution in [3.05, 3.63) is 59.7 Å². The monoisotopic (exact) mass is 237 g/mol. The van der Waals surface area contributed by atoms with Crippen LogP contribution in [-0.4, -0.2) is 13.6 Å². The maximum absolute atomic E-state index is 6.00. The Balaban J connectivity index is 2.19. The molecule has 1 aliphatic rings. The number of ether oxygens (including phenoxy) is 1. The van der Waals surface area contributed by atoms with E-state index in [1.807, 2.05) is 43.4 Å². The molecule has 1 heterocycles. The van der Waals surface area contributed by atoms with Crippen molar-refractivity contribution in [3.63, 3.8) is 0 Å². The minimum Gasteiger partial charge on any atom is -0.456 e. The first-order valence-corrected chi connectivity index (χ1v) is 6.10. The topological polar surface area (TPSA) is 21.3 Å². The summed E-state index contributed by atoms with van der Waals surface area (Å²) in [5.74, 6) is 1.83. The molecule has 3 rings (SSSR count). The van der Waals surface area contributed by atoms with E-state index >= 15 is 0 Å². The fraction of sp³-hybridized carbons (Fsp3) is 0.125. The molecule has 18 heavy (non-hydrogen) atoms. The molecule has 0 spiro atoms. The van der Waals surface area contributed by atoms with E-state index in [2.05, 4.69) is 23.5 Å². The van der Waals surface area contributed by atoms with Gasteiger partial charge in [0.05, 0.1) is 0 Å². The molecule has 2 aromatic carbocycles. The lowest BCUT2D eigenvalue weighted by molar-refractivity contribution is 0.481. The van der Waals surface area contributed by atoms with Crippen LogP contribution in [0.2, 0.25) is 0 Å². The third-order valence-corrected chi connectivity index (χ3v) is 3.07. The van der Waals surface area contributed by atoms with E-state index in [0.29, 0.717) is 0 Å². The molecule has 0 amide bonds. The Hall–Kier alpha value is -2.06. The van der Waals surface area contributed by atoms with Crippen LogP contribution < -0.4 is 10.1 Å². The second-order valence-corrected chi connectivity index (χ2v) is 4.34. The standard InChI is InChI=1S/C16H15NO/c1-17-11-13-10-12-6-2-4-8-15(12)18-16-9-5-3-7-14(13)16/h2-10,17H,11H2,1H3. The lowest BCUT2D eigenvalue weighted by Crippen LogP contribution is -2.09. The number of hydrogen-bond donors (Lipinski definition) is 1. The van der Waals surface area contributed by atoms with E-state index in [1.54, 1.807) is 0 Å². The van der Waals surface area contributed by atoms with E-state index in [0.717, 1.165) is 29.2 Å². The first-order chi connectivity index (χ1) is 8.88. The molecule has 0 fully saturated rings. The third kappa shape index (κ3) is 1.91. The van der Waals surface area contributed by atoms with Gasteiger partial charge in [0, 0.05) is 17.7 Å². The molecule has 90 valence electrons. The number of fused-ring (bicyclic) bond motifs is 2. The Morgan fingerprint density at radius 1 is 0.944 bits per heavy atom. The van der Waals surface area contributed by atoms with Gasteiger partial charge in [-0.05, 0) is 30.8 Å². The molecule has 1 N–H and O–H groups in total. The largest absolute Gasteiger partial charge is 0.456 e. The number of hydrogen-bond acceptors (Lipinski definition) is 2. The highest BCUT2D eigenvalue weighted by Gasteiger charge is 2.14. The average molecular weight is 237 g/mol. The summed E-state index contributed by atoms with van der Waals surface area (Å²) in [5, 5.41) is 3.21. The highest BCUT2D eigenvalue weighted by Crippen LogP contribution is 2.37. The number of rotatable bonds is 2. The fourth-order valence-electron chi connectivity index (χ4n) is 2.23. The third-order valence-electron chi connectivity index (χ3n) is 3.07. The SMILES string of the molecule is CNCC1=Cc2ccccc2Oc2ccccc21. The second-order valence-electron chi connectivity index (χ2n) is 4.34. The van der Waals surface area contributed by atoms with Crippen molar-refractivity contribution < 1.29 is 4.74 Å². The quantitative estimate of drug-likeness (QED) is 0.862. The van der Waals surface area contributed by atoms with Crippen molar-refractivity contribution in [2.75, 3.05) is 13.6 Å². The van der Waals surface area contributed by atoms with Gasteiger partial charge in [-0.25, -0.2) is 0 Å². The molecular weight excluding hydrogens is 222 g/mol. The van der Waals surface area contributed by atoms with Gasteiger partial charge in [-0.1, -0.05) is 36.4 Å². The molecular formula is C16H15NO. The summed E-state index contributed by atoms with van der Waals surface area (Å²) in [6, 6.07) is 16.3. The zero-order valence-corrected chi connectivity index (χ0v) is 10.3. The zero-order valence-electron chi connectivity index (χ0n) is 10.3. The van der Waals surface area contributed by atoms with Crippen LogP contribution in [0.4, 0.5) is 0 Å². The van der Waals surface area contributed by atoms with Gasteiger partial charge in [0.2, 0.25) is 0 Å². The predicted octanol–water partition coefficient (Wildman–Crippen LogP) is 3.55. The van der Waals surface area contributed by atoms with E-state index in [1.165, 1.54) is 5.57 Å². The minimum atomic E-state index is 0.828. The molecule has 0 unspecified atom stereocenters. The Bertz CT molecular complexity index is 602. The van der Waals surface area contributed by atoms with E-state index in [-0.39, 0.29) is 0 Å². The summed E-state index contributed by atoms with van der Waals surface area (Å²) >= 11 is 0. The fourth-order valence-corrected chi connectivity index (χ4v) is 2.23. The zero-order chi connectivity index (χ0) is 12.4. The van der Waals surface area contributed by atoms with Crippen molar-refractivity contribution in [2.45, 2.75) is 0 Å². The highest BCUT2D eigenvalue weighted by molar-refractivity contribution is 5.87. The van der Waals surface area contributed by atoms with Gasteiger partial charge >= 0.3 is 0 Å². The molecule has 1 aliphatic heterocycles. The molecule has 2 nitrogen and oxygen atoms in total. The molecule has 0 bridgehead atoms. The van der Waals surface area contributed by atoms with Gasteiger partial charge in [0.15, 0.2) is 0 Å². The maximum Gasteiger partial charge on any atom is 0.135 e. The van der Waals surface area contributed by atoms with Crippen molar-refractivity contribution >= 4 is 11.6 Å². The van der Waals surface area contributed by atoms with Crippen LogP contribution in [0.5, 0.6) is 11.5 Å². The molecule has 2 aromatic rings. The van der Waals surface area contributed by atoms with Gasteiger partial charge in [-0.2, -0.15) is 0 Å². The minimum absolute atomic E-state index is 0.828. The normalized spacial score (nSPS) is 12.8. The Morgan fingerprint density at radius 3 is 2.50 bits per heavy atom. The van der Waals surface area contributed by atoms with Gasteiger partial charge in [0.1, 0.15) is 11.5 Å². The van der Waals surface area contributed by atoms with Gasteiger partial charge in [-0.3, -0.25) is 0 Å². The van der Waals surface area contributed by atoms with Gasteiger partial charge < -0.3 is 10.1 Å². The summed E-state index contributed by atoms with van der Waals surface area (Å²) in [6.07, 6.45) is 2.19. The van der Waals surface area contributed by atoms with Crippen LogP contribution in [0, 0.1) is 0 Å². The van der Waals surface area contributed by atoms with E-state index in [9.17, 15) is 0 Å². The highest BCUT2D eigenvalue weighted by atomic mass is 16.5. The Labute approximate surface area is 107 Å². The first-order valence-electron chi connectivity index (χ1n) is 6.10. The molecule has 0 aliphatic carbocycles. The molecule has 0 atom stereocenters. The van der Waals surface area contributed by atoms with Gasteiger partial charge in [-0.15, -0.1) is 0 Å². The summed E-state index contributed by atoms with van der Waals surface area (Å²) in [6.45, 7) is 0.828. The van der Waals surface area contributed by atoms with Crippen LogP contribution in [0.25, 0.3) is 11.6 Å². The number of likely N-dealkylation sites (N-methyl/N-ethyl adjacent to an activating group) is 1. The lowest BCUT2D eigenvalue weighted by Gasteiger charge is -2.10. The van der Waals surface area contributed by atoms with Crippen molar-refractivity contribution in [3.8, 4) is 11.5 Å². The van der Waals surface area contributed by atoms with Crippen molar-refractivity contribution in [1.29, 1.82) is 0 Å². The van der Waals surface area contributed by atoms with Crippen LogP contribution >= 0.6 is 0 Å². The van der Waals surface area contributed by atoms with E-state index < -0.39 is 0 Å². The summed E-state index contributed by atoms with van der Waals surface area (Å²) < 4.78 is 6.00. The van der Waals surface area contributed by atoms with Gasteiger partial charge in [0.25, 0.3) is 0 Å². The maximum atomic E-state index is 6.00. The predicted molar refractivity (Wildman–Crippen MR) is 74.8 cm³/mol. The first kappa shape index (κ1) is 11.1. The summed E-state index contributed by atoms with van der Waals surface area (Å²) in [7, 11) is 1.96. The Morgan fingerprint density at radius 2 is 1.67 bits per heavy atom. The lowest BCUT2D eigenvalue weighted by atomic mass is 10.0.